The molecule has 1 aromatic carbocycles. The molecule has 1 aromatic rings. The lowest BCUT2D eigenvalue weighted by Gasteiger charge is -2.08. The van der Waals surface area contributed by atoms with E-state index in [0.29, 0.717) is 0 Å². The lowest BCUT2D eigenvalue weighted by molar-refractivity contribution is -0.138. The van der Waals surface area contributed by atoms with Crippen LogP contribution in [-0.4, -0.2) is 19.2 Å². The van der Waals surface area contributed by atoms with Crippen LogP contribution < -0.4 is 4.74 Å². The van der Waals surface area contributed by atoms with Crippen LogP contribution in [0.4, 0.5) is 8.78 Å². The lowest BCUT2D eigenvalue weighted by atomic mass is 10.3. The smallest absolute Gasteiger partial charge is 0.336 e. The number of carbonyl (C=O) groups excluding carboxylic acids is 1. The molecule has 17 heavy (non-hydrogen) atoms. The molecule has 92 valence electrons. The Morgan fingerprint density at radius 1 is 1.29 bits per heavy atom. The molecule has 5 heteroatoms. The number of esters is 1. The van der Waals surface area contributed by atoms with Gasteiger partial charge in [0.05, 0.1) is 12.2 Å². The maximum Gasteiger partial charge on any atom is 0.336 e. The maximum absolute atomic E-state index is 12.8. The highest BCUT2D eigenvalue weighted by Crippen LogP contribution is 2.16. The second-order valence-electron chi connectivity index (χ2n) is 3.22. The van der Waals surface area contributed by atoms with Gasteiger partial charge in [-0.2, -0.15) is 0 Å². The third-order valence-electron chi connectivity index (χ3n) is 1.81. The molecule has 0 spiro atoms. The maximum atomic E-state index is 12.8. The minimum atomic E-state index is -0.748. The molecule has 0 N–H and O–H groups in total. The van der Waals surface area contributed by atoms with Crippen LogP contribution >= 0.6 is 0 Å². The Labute approximate surface area is 97.7 Å². The predicted octanol–water partition coefficient (Wildman–Crippen LogP) is 2.46. The molecule has 0 heterocycles. The van der Waals surface area contributed by atoms with Crippen LogP contribution in [0.5, 0.6) is 5.75 Å². The number of rotatable bonds is 5. The molecule has 0 aliphatic carbocycles. The summed E-state index contributed by atoms with van der Waals surface area (Å²) in [6.07, 6.45) is 0. The van der Waals surface area contributed by atoms with Crippen LogP contribution in [0.1, 0.15) is 6.92 Å². The van der Waals surface area contributed by atoms with E-state index >= 15 is 0 Å². The number of benzene rings is 1. The van der Waals surface area contributed by atoms with Gasteiger partial charge in [0, 0.05) is 18.2 Å². The van der Waals surface area contributed by atoms with Gasteiger partial charge in [-0.05, 0) is 6.92 Å². The molecular formula is C12H12F2O3. The molecule has 0 fully saturated rings. The summed E-state index contributed by atoms with van der Waals surface area (Å²) in [6, 6.07) is 2.76. The molecule has 0 amide bonds. The van der Waals surface area contributed by atoms with Crippen LogP contribution in [-0.2, 0) is 9.53 Å². The van der Waals surface area contributed by atoms with Crippen LogP contribution in [0.3, 0.4) is 0 Å². The Morgan fingerprint density at radius 3 is 2.41 bits per heavy atom. The number of carbonyl (C=O) groups is 1. The molecule has 0 unspecified atom stereocenters. The molecule has 0 aliphatic rings. The first-order valence-electron chi connectivity index (χ1n) is 4.96. The Balaban J connectivity index is 2.55. The van der Waals surface area contributed by atoms with E-state index in [0.717, 1.165) is 18.2 Å². The van der Waals surface area contributed by atoms with E-state index in [-0.39, 0.29) is 24.5 Å². The second kappa shape index (κ2) is 5.98. The van der Waals surface area contributed by atoms with Crippen molar-refractivity contribution in [2.45, 2.75) is 6.92 Å². The van der Waals surface area contributed by atoms with E-state index in [4.69, 9.17) is 4.74 Å². The SMILES string of the molecule is C=C(COc1cc(F)cc(F)c1)C(=O)OCC. The molecule has 0 aliphatic heterocycles. The fraction of sp³-hybridized carbons (Fsp3) is 0.250. The van der Waals surface area contributed by atoms with Gasteiger partial charge in [0.1, 0.15) is 24.0 Å². The van der Waals surface area contributed by atoms with E-state index in [1.54, 1.807) is 6.92 Å². The Morgan fingerprint density at radius 2 is 1.88 bits per heavy atom. The topological polar surface area (TPSA) is 35.5 Å². The molecule has 0 bridgehead atoms. The summed E-state index contributed by atoms with van der Waals surface area (Å²) in [5.41, 5.74) is 0.0801. The van der Waals surface area contributed by atoms with Crippen molar-refractivity contribution in [1.82, 2.24) is 0 Å². The van der Waals surface area contributed by atoms with E-state index in [1.807, 2.05) is 0 Å². The van der Waals surface area contributed by atoms with Crippen LogP contribution in [0.15, 0.2) is 30.4 Å². The van der Waals surface area contributed by atoms with Gasteiger partial charge >= 0.3 is 5.97 Å². The van der Waals surface area contributed by atoms with Crippen molar-refractivity contribution in [2.24, 2.45) is 0 Å². The van der Waals surface area contributed by atoms with E-state index in [2.05, 4.69) is 11.3 Å². The number of hydrogen-bond acceptors (Lipinski definition) is 3. The van der Waals surface area contributed by atoms with Crippen molar-refractivity contribution >= 4 is 5.97 Å². The molecule has 0 aromatic heterocycles. The average Bonchev–Trinajstić information content (AvgIpc) is 2.25. The minimum absolute atomic E-state index is 0.00653. The van der Waals surface area contributed by atoms with Crippen LogP contribution in [0, 0.1) is 11.6 Å². The first kappa shape index (κ1) is 13.2. The quantitative estimate of drug-likeness (QED) is 0.587. The summed E-state index contributed by atoms with van der Waals surface area (Å²) >= 11 is 0. The third-order valence-corrected chi connectivity index (χ3v) is 1.81. The minimum Gasteiger partial charge on any atom is -0.488 e. The highest BCUT2D eigenvalue weighted by atomic mass is 19.1. The van der Waals surface area contributed by atoms with Gasteiger partial charge in [0.2, 0.25) is 0 Å². The standard InChI is InChI=1S/C12H12F2O3/c1-3-16-12(15)8(2)7-17-11-5-9(13)4-10(14)6-11/h4-6H,2-3,7H2,1H3. The molecule has 0 radical (unpaired) electrons. The summed E-state index contributed by atoms with van der Waals surface area (Å²) in [5, 5.41) is 0. The molecule has 1 rings (SSSR count). The zero-order valence-corrected chi connectivity index (χ0v) is 9.33. The van der Waals surface area contributed by atoms with Crippen LogP contribution in [0.25, 0.3) is 0 Å². The van der Waals surface area contributed by atoms with Crippen molar-refractivity contribution < 1.29 is 23.0 Å². The first-order valence-corrected chi connectivity index (χ1v) is 4.96. The first-order chi connectivity index (χ1) is 8.02. The average molecular weight is 242 g/mol. The normalized spacial score (nSPS) is 9.82. The molecule has 0 saturated carbocycles. The largest absolute Gasteiger partial charge is 0.488 e. The van der Waals surface area contributed by atoms with Crippen molar-refractivity contribution in [3.05, 3.63) is 42.0 Å². The van der Waals surface area contributed by atoms with Gasteiger partial charge in [0.15, 0.2) is 0 Å². The van der Waals surface area contributed by atoms with Gasteiger partial charge in [0.25, 0.3) is 0 Å². The zero-order valence-electron chi connectivity index (χ0n) is 9.33. The summed E-state index contributed by atoms with van der Waals surface area (Å²) in [4.78, 5) is 11.1. The summed E-state index contributed by atoms with van der Waals surface area (Å²) in [7, 11) is 0. The van der Waals surface area contributed by atoms with Crippen molar-refractivity contribution in [3.8, 4) is 5.75 Å². The van der Waals surface area contributed by atoms with Gasteiger partial charge in [-0.3, -0.25) is 0 Å². The molecule has 0 atom stereocenters. The van der Waals surface area contributed by atoms with Gasteiger partial charge in [-0.15, -0.1) is 0 Å². The Bertz CT molecular complexity index is 410. The van der Waals surface area contributed by atoms with Gasteiger partial charge in [-0.1, -0.05) is 6.58 Å². The zero-order chi connectivity index (χ0) is 12.8. The summed E-state index contributed by atoms with van der Waals surface area (Å²) in [5.74, 6) is -2.10. The van der Waals surface area contributed by atoms with Crippen molar-refractivity contribution in [1.29, 1.82) is 0 Å². The highest BCUT2D eigenvalue weighted by molar-refractivity contribution is 5.88. The fourth-order valence-electron chi connectivity index (χ4n) is 1.07. The fourth-order valence-corrected chi connectivity index (χ4v) is 1.07. The predicted molar refractivity (Wildman–Crippen MR) is 57.6 cm³/mol. The van der Waals surface area contributed by atoms with Crippen LogP contribution in [0.2, 0.25) is 0 Å². The van der Waals surface area contributed by atoms with Gasteiger partial charge < -0.3 is 9.47 Å². The van der Waals surface area contributed by atoms with Crippen molar-refractivity contribution in [3.63, 3.8) is 0 Å². The van der Waals surface area contributed by atoms with Gasteiger partial charge in [-0.25, -0.2) is 13.6 Å². The lowest BCUT2D eigenvalue weighted by Crippen LogP contribution is -2.13. The molecule has 0 saturated heterocycles. The molecular weight excluding hydrogens is 230 g/mol. The third kappa shape index (κ3) is 4.22. The summed E-state index contributed by atoms with van der Waals surface area (Å²) < 4.78 is 35.3. The van der Waals surface area contributed by atoms with E-state index < -0.39 is 17.6 Å². The Kier molecular flexibility index (Phi) is 4.63. The highest BCUT2D eigenvalue weighted by Gasteiger charge is 2.09. The second-order valence-corrected chi connectivity index (χ2v) is 3.22. The molecule has 3 nitrogen and oxygen atoms in total. The Hall–Kier alpha value is -1.91. The summed E-state index contributed by atoms with van der Waals surface area (Å²) in [6.45, 7) is 5.16. The number of hydrogen-bond donors (Lipinski definition) is 0. The monoisotopic (exact) mass is 242 g/mol. The number of halogens is 2. The number of ether oxygens (including phenoxy) is 2. The van der Waals surface area contributed by atoms with E-state index in [9.17, 15) is 13.6 Å². The van der Waals surface area contributed by atoms with Crippen molar-refractivity contribution in [2.75, 3.05) is 13.2 Å². The van der Waals surface area contributed by atoms with E-state index in [1.165, 1.54) is 0 Å².